The van der Waals surface area contributed by atoms with Crippen molar-refractivity contribution in [1.82, 2.24) is 34.8 Å². The maximum absolute atomic E-state index is 4.26. The van der Waals surface area contributed by atoms with Crippen molar-refractivity contribution in [1.29, 1.82) is 0 Å². The third-order valence-electron chi connectivity index (χ3n) is 2.69. The monoisotopic (exact) mass is 249 g/mol. The summed E-state index contributed by atoms with van der Waals surface area (Å²) in [6.45, 7) is 7.32. The summed E-state index contributed by atoms with van der Waals surface area (Å²) < 4.78 is 3.73. The zero-order chi connectivity index (χ0) is 12.8. The van der Waals surface area contributed by atoms with E-state index in [1.165, 1.54) is 0 Å². The number of nitrogens with zero attached hydrogens (tertiary/aromatic N) is 6. The lowest BCUT2D eigenvalue weighted by molar-refractivity contribution is 0.536. The van der Waals surface area contributed by atoms with E-state index in [1.807, 2.05) is 16.3 Å². The first-order valence-electron chi connectivity index (χ1n) is 6.29. The van der Waals surface area contributed by atoms with Crippen LogP contribution in [0.5, 0.6) is 0 Å². The molecule has 0 unspecified atom stereocenters. The van der Waals surface area contributed by atoms with Crippen LogP contribution < -0.4 is 5.32 Å². The van der Waals surface area contributed by atoms with Gasteiger partial charge >= 0.3 is 0 Å². The highest BCUT2D eigenvalue weighted by Gasteiger charge is 2.08. The van der Waals surface area contributed by atoms with Gasteiger partial charge in [-0.1, -0.05) is 6.92 Å². The molecule has 2 aromatic rings. The molecule has 7 nitrogen and oxygen atoms in total. The summed E-state index contributed by atoms with van der Waals surface area (Å²) in [7, 11) is 0. The fraction of sp³-hybridized carbons (Fsp3) is 0.636. The Morgan fingerprint density at radius 2 is 1.78 bits per heavy atom. The van der Waals surface area contributed by atoms with Crippen LogP contribution in [0.3, 0.4) is 0 Å². The fourth-order valence-electron chi connectivity index (χ4n) is 1.74. The minimum absolute atomic E-state index is 0.608. The number of aromatic nitrogens is 6. The maximum atomic E-state index is 4.26. The first-order chi connectivity index (χ1) is 8.85. The average Bonchev–Trinajstić information content (AvgIpc) is 3.00. The molecule has 0 atom stereocenters. The smallest absolute Gasteiger partial charge is 0.148 e. The van der Waals surface area contributed by atoms with Crippen molar-refractivity contribution >= 4 is 0 Å². The molecule has 98 valence electrons. The Morgan fingerprint density at radius 1 is 1.06 bits per heavy atom. The Morgan fingerprint density at radius 3 is 2.50 bits per heavy atom. The normalized spacial score (nSPS) is 11.0. The molecule has 2 heterocycles. The van der Waals surface area contributed by atoms with Crippen molar-refractivity contribution in [2.45, 2.75) is 39.9 Å². The van der Waals surface area contributed by atoms with E-state index in [9.17, 15) is 0 Å². The van der Waals surface area contributed by atoms with Gasteiger partial charge in [0.1, 0.15) is 30.8 Å². The van der Waals surface area contributed by atoms with Gasteiger partial charge in [0.2, 0.25) is 0 Å². The van der Waals surface area contributed by atoms with E-state index >= 15 is 0 Å². The van der Waals surface area contributed by atoms with Gasteiger partial charge in [-0.3, -0.25) is 0 Å². The van der Waals surface area contributed by atoms with Gasteiger partial charge in [0.25, 0.3) is 0 Å². The predicted octanol–water partition coefficient (Wildman–Crippen LogP) is 0.437. The molecule has 0 saturated heterocycles. The number of aryl methyl sites for hydroxylation is 1. The van der Waals surface area contributed by atoms with Crippen LogP contribution in [0.25, 0.3) is 0 Å². The summed E-state index contributed by atoms with van der Waals surface area (Å²) in [5, 5.41) is 11.7. The molecule has 0 bridgehead atoms. The lowest BCUT2D eigenvalue weighted by Crippen LogP contribution is -2.19. The predicted molar refractivity (Wildman–Crippen MR) is 66.8 cm³/mol. The Hall–Kier alpha value is -1.76. The molecule has 0 spiro atoms. The van der Waals surface area contributed by atoms with Crippen molar-refractivity contribution < 1.29 is 0 Å². The molecule has 1 N–H and O–H groups in total. The van der Waals surface area contributed by atoms with Crippen LogP contribution in [0, 0.1) is 0 Å². The van der Waals surface area contributed by atoms with Gasteiger partial charge in [0, 0.05) is 6.54 Å². The zero-order valence-corrected chi connectivity index (χ0v) is 10.9. The third-order valence-corrected chi connectivity index (χ3v) is 2.69. The topological polar surface area (TPSA) is 73.5 Å². The highest BCUT2D eigenvalue weighted by molar-refractivity contribution is 4.91. The van der Waals surface area contributed by atoms with Crippen LogP contribution in [0.2, 0.25) is 0 Å². The van der Waals surface area contributed by atoms with Gasteiger partial charge in [-0.2, -0.15) is 10.2 Å². The van der Waals surface area contributed by atoms with E-state index in [0.29, 0.717) is 6.54 Å². The van der Waals surface area contributed by atoms with Gasteiger partial charge < -0.3 is 5.32 Å². The fourth-order valence-corrected chi connectivity index (χ4v) is 1.74. The van der Waals surface area contributed by atoms with Crippen molar-refractivity contribution in [3.05, 3.63) is 24.3 Å². The van der Waals surface area contributed by atoms with Crippen molar-refractivity contribution in [3.8, 4) is 0 Å². The Labute approximate surface area is 106 Å². The molecule has 0 aromatic carbocycles. The second-order valence-electron chi connectivity index (χ2n) is 4.00. The average molecular weight is 249 g/mol. The molecule has 0 aliphatic heterocycles. The number of nitrogens with one attached hydrogen (secondary N) is 1. The van der Waals surface area contributed by atoms with Crippen LogP contribution in [-0.2, 0) is 19.6 Å². The van der Waals surface area contributed by atoms with Gasteiger partial charge in [-0.25, -0.2) is 19.3 Å². The quantitative estimate of drug-likeness (QED) is 0.721. The molecule has 0 fully saturated rings. The summed E-state index contributed by atoms with van der Waals surface area (Å²) in [6.07, 6.45) is 4.26. The summed E-state index contributed by atoms with van der Waals surface area (Å²) in [5.41, 5.74) is 0. The van der Waals surface area contributed by atoms with Crippen molar-refractivity contribution in [3.63, 3.8) is 0 Å². The second kappa shape index (κ2) is 6.25. The Bertz CT molecular complexity index is 473. The molecule has 18 heavy (non-hydrogen) atoms. The second-order valence-corrected chi connectivity index (χ2v) is 4.00. The summed E-state index contributed by atoms with van der Waals surface area (Å²) in [5.74, 6) is 1.83. The molecule has 0 saturated carbocycles. The number of hydrogen-bond donors (Lipinski definition) is 1. The van der Waals surface area contributed by atoms with Gasteiger partial charge in [-0.05, 0) is 19.9 Å². The van der Waals surface area contributed by atoms with Crippen molar-refractivity contribution in [2.75, 3.05) is 6.54 Å². The summed E-state index contributed by atoms with van der Waals surface area (Å²) in [6, 6.07) is 0. The molecule has 0 aliphatic carbocycles. The molecule has 7 heteroatoms. The SMILES string of the molecule is CCCNCc1ncnn1Cc1ncnn1CC. The van der Waals surface area contributed by atoms with E-state index in [1.54, 1.807) is 12.7 Å². The summed E-state index contributed by atoms with van der Waals surface area (Å²) in [4.78, 5) is 8.50. The lowest BCUT2D eigenvalue weighted by Gasteiger charge is -2.07. The molecule has 0 radical (unpaired) electrons. The van der Waals surface area contributed by atoms with Crippen LogP contribution >= 0.6 is 0 Å². The van der Waals surface area contributed by atoms with Gasteiger partial charge in [-0.15, -0.1) is 0 Å². The van der Waals surface area contributed by atoms with Crippen molar-refractivity contribution in [2.24, 2.45) is 0 Å². The standard InChI is InChI=1S/C11H19N7/c1-3-5-12-6-10-13-8-16-18(10)7-11-14-9-15-17(11)4-2/h8-9,12H,3-7H2,1-2H3. The minimum Gasteiger partial charge on any atom is -0.310 e. The largest absolute Gasteiger partial charge is 0.310 e. The third kappa shape index (κ3) is 2.92. The van der Waals surface area contributed by atoms with E-state index < -0.39 is 0 Å². The van der Waals surface area contributed by atoms with Crippen LogP contribution in [0.4, 0.5) is 0 Å². The zero-order valence-electron chi connectivity index (χ0n) is 10.9. The van der Waals surface area contributed by atoms with Crippen LogP contribution in [0.15, 0.2) is 12.7 Å². The number of rotatable bonds is 7. The highest BCUT2D eigenvalue weighted by Crippen LogP contribution is 2.01. The van der Waals surface area contributed by atoms with Crippen LogP contribution in [-0.4, -0.2) is 36.1 Å². The minimum atomic E-state index is 0.608. The van der Waals surface area contributed by atoms with Gasteiger partial charge in [0.05, 0.1) is 6.54 Å². The molecular weight excluding hydrogens is 230 g/mol. The van der Waals surface area contributed by atoms with Crippen LogP contribution in [0.1, 0.15) is 31.9 Å². The highest BCUT2D eigenvalue weighted by atomic mass is 15.4. The molecule has 0 amide bonds. The van der Waals surface area contributed by atoms with Gasteiger partial charge in [0.15, 0.2) is 0 Å². The Balaban J connectivity index is 2.03. The molecule has 2 aromatic heterocycles. The van der Waals surface area contributed by atoms with E-state index in [-0.39, 0.29) is 0 Å². The molecular formula is C11H19N7. The summed E-state index contributed by atoms with van der Waals surface area (Å²) >= 11 is 0. The molecule has 0 aliphatic rings. The van der Waals surface area contributed by atoms with E-state index in [0.717, 1.165) is 37.7 Å². The van der Waals surface area contributed by atoms with E-state index in [4.69, 9.17) is 0 Å². The Kier molecular flexibility index (Phi) is 4.40. The lowest BCUT2D eigenvalue weighted by atomic mass is 10.4. The maximum Gasteiger partial charge on any atom is 0.148 e. The molecule has 2 rings (SSSR count). The number of hydrogen-bond acceptors (Lipinski definition) is 5. The van der Waals surface area contributed by atoms with E-state index in [2.05, 4.69) is 32.4 Å². The first-order valence-corrected chi connectivity index (χ1v) is 6.29. The first kappa shape index (κ1) is 12.7.